The minimum atomic E-state index is 0.425. The van der Waals surface area contributed by atoms with Crippen LogP contribution in [0.3, 0.4) is 0 Å². The molecule has 2 aromatic carbocycles. The van der Waals surface area contributed by atoms with Crippen molar-refractivity contribution < 1.29 is 0 Å². The number of aryl methyl sites for hydroxylation is 1. The van der Waals surface area contributed by atoms with Gasteiger partial charge in [0.2, 0.25) is 0 Å². The van der Waals surface area contributed by atoms with E-state index in [0.29, 0.717) is 6.04 Å². The van der Waals surface area contributed by atoms with E-state index in [4.69, 9.17) is 4.99 Å². The van der Waals surface area contributed by atoms with Crippen molar-refractivity contribution in [2.75, 3.05) is 25.0 Å². The van der Waals surface area contributed by atoms with Crippen LogP contribution in [0, 0.1) is 6.92 Å². The molecule has 1 aromatic heterocycles. The third-order valence-corrected chi connectivity index (χ3v) is 6.32. The Morgan fingerprint density at radius 2 is 1.93 bits per heavy atom. The van der Waals surface area contributed by atoms with Gasteiger partial charge in [-0.1, -0.05) is 42.5 Å². The minimum absolute atomic E-state index is 0.425. The number of amidine groups is 1. The molecule has 28 heavy (non-hydrogen) atoms. The summed E-state index contributed by atoms with van der Waals surface area (Å²) in [6.45, 7) is 5.08. The summed E-state index contributed by atoms with van der Waals surface area (Å²) in [6.07, 6.45) is 1.04. The van der Waals surface area contributed by atoms with Crippen LogP contribution >= 0.6 is 11.3 Å². The van der Waals surface area contributed by atoms with Gasteiger partial charge in [-0.05, 0) is 37.1 Å². The summed E-state index contributed by atoms with van der Waals surface area (Å²) >= 11 is 1.80. The molecule has 4 nitrogen and oxygen atoms in total. The zero-order valence-electron chi connectivity index (χ0n) is 16.0. The largest absolute Gasteiger partial charge is 0.353 e. The van der Waals surface area contributed by atoms with Crippen molar-refractivity contribution in [2.24, 2.45) is 4.99 Å². The highest BCUT2D eigenvalue weighted by molar-refractivity contribution is 7.16. The maximum absolute atomic E-state index is 5.12. The molecular weight excluding hydrogens is 364 g/mol. The summed E-state index contributed by atoms with van der Waals surface area (Å²) in [7, 11) is 0. The van der Waals surface area contributed by atoms with Gasteiger partial charge in [0.05, 0.1) is 16.9 Å². The van der Waals surface area contributed by atoms with Gasteiger partial charge in [0.25, 0.3) is 0 Å². The number of hydrogen-bond acceptors (Lipinski definition) is 5. The second-order valence-electron chi connectivity index (χ2n) is 7.46. The lowest BCUT2D eigenvalue weighted by Gasteiger charge is -2.36. The van der Waals surface area contributed by atoms with Crippen LogP contribution in [0.4, 0.5) is 16.4 Å². The summed E-state index contributed by atoms with van der Waals surface area (Å²) in [5, 5.41) is 8.49. The maximum Gasteiger partial charge on any atom is 0.139 e. The van der Waals surface area contributed by atoms with Crippen molar-refractivity contribution in [3.8, 4) is 0 Å². The van der Waals surface area contributed by atoms with E-state index in [1.165, 1.54) is 21.0 Å². The average molecular weight is 389 g/mol. The molecule has 3 heterocycles. The first-order valence-corrected chi connectivity index (χ1v) is 10.7. The van der Waals surface area contributed by atoms with Crippen LogP contribution in [-0.4, -0.2) is 36.4 Å². The number of nitrogens with zero attached hydrogens (tertiary/aromatic N) is 2. The van der Waals surface area contributed by atoms with Crippen LogP contribution in [0.2, 0.25) is 0 Å². The normalized spacial score (nSPS) is 18.5. The van der Waals surface area contributed by atoms with Crippen LogP contribution in [0.25, 0.3) is 0 Å². The summed E-state index contributed by atoms with van der Waals surface area (Å²) in [4.78, 5) is 8.88. The summed E-state index contributed by atoms with van der Waals surface area (Å²) in [5.74, 6) is 1.09. The van der Waals surface area contributed by atoms with Crippen LogP contribution < -0.4 is 10.6 Å². The Kier molecular flexibility index (Phi) is 4.63. The van der Waals surface area contributed by atoms with Crippen LogP contribution in [0.5, 0.6) is 0 Å². The number of anilines is 2. The monoisotopic (exact) mass is 388 g/mol. The quantitative estimate of drug-likeness (QED) is 0.668. The molecule has 5 rings (SSSR count). The molecule has 2 aliphatic rings. The number of thiophene rings is 1. The highest BCUT2D eigenvalue weighted by Gasteiger charge is 2.27. The smallest absolute Gasteiger partial charge is 0.139 e. The summed E-state index contributed by atoms with van der Waals surface area (Å²) in [5.41, 5.74) is 4.69. The lowest BCUT2D eigenvalue weighted by molar-refractivity contribution is 0.290. The first kappa shape index (κ1) is 17.5. The van der Waals surface area contributed by atoms with E-state index < -0.39 is 0 Å². The molecule has 0 amide bonds. The van der Waals surface area contributed by atoms with Crippen LogP contribution in [0.1, 0.15) is 16.0 Å². The Morgan fingerprint density at radius 3 is 2.82 bits per heavy atom. The van der Waals surface area contributed by atoms with Gasteiger partial charge in [0.1, 0.15) is 10.8 Å². The van der Waals surface area contributed by atoms with Gasteiger partial charge in [-0.25, -0.2) is 4.99 Å². The van der Waals surface area contributed by atoms with Crippen LogP contribution in [-0.2, 0) is 6.42 Å². The van der Waals surface area contributed by atoms with Crippen molar-refractivity contribution in [3.05, 3.63) is 76.7 Å². The van der Waals surface area contributed by atoms with Crippen molar-refractivity contribution in [1.82, 2.24) is 10.2 Å². The second-order valence-corrected chi connectivity index (χ2v) is 8.72. The number of rotatable bonds is 2. The molecular formula is C23H24N4S. The predicted molar refractivity (Wildman–Crippen MR) is 118 cm³/mol. The highest BCUT2D eigenvalue weighted by atomic mass is 32.1. The number of piperazine rings is 1. The van der Waals surface area contributed by atoms with E-state index in [1.54, 1.807) is 11.3 Å². The molecule has 0 bridgehead atoms. The molecule has 1 saturated heterocycles. The number of benzene rings is 2. The Labute approximate surface area is 169 Å². The van der Waals surface area contributed by atoms with Crippen molar-refractivity contribution >= 4 is 33.5 Å². The molecule has 0 unspecified atom stereocenters. The van der Waals surface area contributed by atoms with Gasteiger partial charge in [0, 0.05) is 30.6 Å². The molecule has 3 aromatic rings. The number of fused-ring (bicyclic) bond motifs is 2. The third-order valence-electron chi connectivity index (χ3n) is 5.35. The third kappa shape index (κ3) is 3.43. The molecule has 0 radical (unpaired) electrons. The molecule has 2 N–H and O–H groups in total. The SMILES string of the molecule is Cc1cc2c(s1)Nc1ccccc1N=C2N1CCN[C@@H](Cc2ccccc2)C1. The van der Waals surface area contributed by atoms with E-state index >= 15 is 0 Å². The van der Waals surface area contributed by atoms with Gasteiger partial charge in [-0.3, -0.25) is 0 Å². The zero-order valence-corrected chi connectivity index (χ0v) is 16.8. The topological polar surface area (TPSA) is 39.7 Å². The minimum Gasteiger partial charge on any atom is -0.353 e. The Balaban J connectivity index is 1.47. The molecule has 142 valence electrons. The average Bonchev–Trinajstić information content (AvgIpc) is 3.00. The van der Waals surface area contributed by atoms with Crippen molar-refractivity contribution in [2.45, 2.75) is 19.4 Å². The zero-order chi connectivity index (χ0) is 18.9. The number of nitrogens with one attached hydrogen (secondary N) is 2. The maximum atomic E-state index is 5.12. The molecule has 0 saturated carbocycles. The predicted octanol–water partition coefficient (Wildman–Crippen LogP) is 4.71. The fraction of sp³-hybridized carbons (Fsp3) is 0.261. The number of aliphatic imine (C=N–C) groups is 1. The van der Waals surface area contributed by atoms with E-state index in [0.717, 1.165) is 43.3 Å². The van der Waals surface area contributed by atoms with Gasteiger partial charge in [0.15, 0.2) is 0 Å². The molecule has 0 spiro atoms. The van der Waals surface area contributed by atoms with Gasteiger partial charge < -0.3 is 15.5 Å². The Bertz CT molecular complexity index is 1010. The van der Waals surface area contributed by atoms with E-state index in [-0.39, 0.29) is 0 Å². The van der Waals surface area contributed by atoms with Crippen molar-refractivity contribution in [3.63, 3.8) is 0 Å². The summed E-state index contributed by atoms with van der Waals surface area (Å²) < 4.78 is 0. The fourth-order valence-corrected chi connectivity index (χ4v) is 4.96. The Morgan fingerprint density at radius 1 is 1.11 bits per heavy atom. The lowest BCUT2D eigenvalue weighted by Crippen LogP contribution is -2.53. The van der Waals surface area contributed by atoms with Gasteiger partial charge >= 0.3 is 0 Å². The van der Waals surface area contributed by atoms with E-state index in [2.05, 4.69) is 83.1 Å². The highest BCUT2D eigenvalue weighted by Crippen LogP contribution is 2.39. The number of hydrogen-bond donors (Lipinski definition) is 2. The molecule has 5 heteroatoms. The standard InChI is InChI=1S/C23H24N4S/c1-16-13-19-22(25-20-9-5-6-10-21(20)26-23(19)28-16)27-12-11-24-18(15-27)14-17-7-3-2-4-8-17/h2-10,13,18,24,26H,11-12,14-15H2,1H3/t18-/m0/s1. The second kappa shape index (κ2) is 7.41. The summed E-state index contributed by atoms with van der Waals surface area (Å²) in [6, 6.07) is 21.8. The van der Waals surface area contributed by atoms with E-state index in [1.807, 2.05) is 0 Å². The Hall–Kier alpha value is -2.63. The fourth-order valence-electron chi connectivity index (χ4n) is 4.04. The van der Waals surface area contributed by atoms with Crippen molar-refractivity contribution in [1.29, 1.82) is 0 Å². The molecule has 1 atom stereocenters. The molecule has 0 aliphatic carbocycles. The lowest BCUT2D eigenvalue weighted by atomic mass is 10.0. The van der Waals surface area contributed by atoms with Crippen LogP contribution in [0.15, 0.2) is 65.7 Å². The van der Waals surface area contributed by atoms with Gasteiger partial charge in [-0.15, -0.1) is 11.3 Å². The first-order valence-electron chi connectivity index (χ1n) is 9.84. The first-order chi connectivity index (χ1) is 13.8. The number of para-hydroxylation sites is 2. The van der Waals surface area contributed by atoms with E-state index in [9.17, 15) is 0 Å². The molecule has 1 fully saturated rings. The van der Waals surface area contributed by atoms with Gasteiger partial charge in [-0.2, -0.15) is 0 Å². The molecule has 2 aliphatic heterocycles.